The minimum Gasteiger partial charge on any atom is -0.493 e. The van der Waals surface area contributed by atoms with Gasteiger partial charge in [-0.05, 0) is 56.2 Å². The normalized spacial score (nSPS) is 21.8. The summed E-state index contributed by atoms with van der Waals surface area (Å²) in [5.41, 5.74) is -0.0840. The average molecular weight is 315 g/mol. The lowest BCUT2D eigenvalue weighted by molar-refractivity contribution is 0.0351. The molecule has 2 saturated carbocycles. The summed E-state index contributed by atoms with van der Waals surface area (Å²) < 4.78 is 11.5. The highest BCUT2D eigenvalue weighted by atomic mass is 16.5. The van der Waals surface area contributed by atoms with E-state index >= 15 is 0 Å². The highest BCUT2D eigenvalue weighted by Gasteiger charge is 2.40. The van der Waals surface area contributed by atoms with E-state index in [4.69, 9.17) is 9.47 Å². The van der Waals surface area contributed by atoms with E-state index in [1.54, 1.807) is 7.11 Å². The zero-order valence-corrected chi connectivity index (χ0v) is 13.8. The second kappa shape index (κ2) is 6.80. The molecule has 0 spiro atoms. The van der Waals surface area contributed by atoms with E-state index in [2.05, 4.69) is 6.07 Å². The van der Waals surface area contributed by atoms with Crippen molar-refractivity contribution in [2.24, 2.45) is 0 Å². The highest BCUT2D eigenvalue weighted by Crippen LogP contribution is 2.43. The van der Waals surface area contributed by atoms with E-state index in [1.807, 2.05) is 18.2 Å². The van der Waals surface area contributed by atoms with Crippen LogP contribution in [0.25, 0.3) is 0 Å². The third-order valence-corrected chi connectivity index (χ3v) is 5.25. The van der Waals surface area contributed by atoms with Gasteiger partial charge in [0.05, 0.1) is 24.9 Å². The first kappa shape index (κ1) is 16.1. The van der Waals surface area contributed by atoms with Gasteiger partial charge >= 0.3 is 0 Å². The van der Waals surface area contributed by atoms with Crippen molar-refractivity contribution in [3.8, 4) is 17.6 Å². The molecule has 2 aliphatic carbocycles. The molecule has 0 heterocycles. The van der Waals surface area contributed by atoms with Gasteiger partial charge in [-0.2, -0.15) is 5.26 Å². The first-order chi connectivity index (χ1) is 11.2. The molecule has 4 nitrogen and oxygen atoms in total. The first-order valence-corrected chi connectivity index (χ1v) is 8.63. The van der Waals surface area contributed by atoms with Gasteiger partial charge in [0, 0.05) is 0 Å². The summed E-state index contributed by atoms with van der Waals surface area (Å²) in [6.45, 7) is 0. The summed E-state index contributed by atoms with van der Waals surface area (Å²) in [5, 5.41) is 20.4. The number of hydrogen-bond donors (Lipinski definition) is 1. The molecule has 0 amide bonds. The SMILES string of the molecule is COc1ccc(C(C#N)C2(O)CCCC2)cc1OC1CCCC1. The van der Waals surface area contributed by atoms with Crippen molar-refractivity contribution in [3.05, 3.63) is 23.8 Å². The van der Waals surface area contributed by atoms with Crippen LogP contribution in [-0.2, 0) is 0 Å². The van der Waals surface area contributed by atoms with Crippen molar-refractivity contribution >= 4 is 0 Å². The largest absolute Gasteiger partial charge is 0.493 e. The van der Waals surface area contributed by atoms with E-state index in [0.29, 0.717) is 24.3 Å². The topological polar surface area (TPSA) is 62.5 Å². The van der Waals surface area contributed by atoms with E-state index in [-0.39, 0.29) is 6.10 Å². The van der Waals surface area contributed by atoms with Gasteiger partial charge in [-0.15, -0.1) is 0 Å². The van der Waals surface area contributed by atoms with Crippen LogP contribution < -0.4 is 9.47 Å². The number of hydrogen-bond acceptors (Lipinski definition) is 4. The van der Waals surface area contributed by atoms with Crippen LogP contribution >= 0.6 is 0 Å². The fourth-order valence-corrected chi connectivity index (χ4v) is 3.93. The first-order valence-electron chi connectivity index (χ1n) is 8.63. The maximum atomic E-state index is 10.8. The van der Waals surface area contributed by atoms with Gasteiger partial charge in [0.25, 0.3) is 0 Å². The van der Waals surface area contributed by atoms with Crippen LogP contribution in [0.3, 0.4) is 0 Å². The second-order valence-electron chi connectivity index (χ2n) is 6.81. The number of nitrogens with zero attached hydrogens (tertiary/aromatic N) is 1. The Morgan fingerprint density at radius 2 is 1.87 bits per heavy atom. The lowest BCUT2D eigenvalue weighted by Crippen LogP contribution is -2.32. The molecule has 0 bridgehead atoms. The van der Waals surface area contributed by atoms with Gasteiger partial charge in [-0.1, -0.05) is 18.9 Å². The van der Waals surface area contributed by atoms with Crippen LogP contribution in [-0.4, -0.2) is 23.9 Å². The molecule has 23 heavy (non-hydrogen) atoms. The van der Waals surface area contributed by atoms with Crippen molar-refractivity contribution < 1.29 is 14.6 Å². The molecule has 124 valence electrons. The van der Waals surface area contributed by atoms with Gasteiger partial charge < -0.3 is 14.6 Å². The average Bonchev–Trinajstić information content (AvgIpc) is 3.21. The maximum Gasteiger partial charge on any atom is 0.161 e. The maximum absolute atomic E-state index is 10.8. The van der Waals surface area contributed by atoms with Crippen LogP contribution in [0, 0.1) is 11.3 Å². The molecule has 1 atom stereocenters. The Hall–Kier alpha value is -1.73. The number of benzene rings is 1. The summed E-state index contributed by atoms with van der Waals surface area (Å²) in [4.78, 5) is 0. The minimum absolute atomic E-state index is 0.231. The van der Waals surface area contributed by atoms with Crippen molar-refractivity contribution in [2.75, 3.05) is 7.11 Å². The molecule has 0 saturated heterocycles. The Morgan fingerprint density at radius 3 is 2.48 bits per heavy atom. The van der Waals surface area contributed by atoms with Gasteiger partial charge in [-0.3, -0.25) is 0 Å². The molecule has 1 N–H and O–H groups in total. The van der Waals surface area contributed by atoms with Gasteiger partial charge in [0.2, 0.25) is 0 Å². The predicted octanol–water partition coefficient (Wildman–Crippen LogP) is 3.93. The lowest BCUT2D eigenvalue weighted by Gasteiger charge is -2.28. The number of ether oxygens (including phenoxy) is 2. The van der Waals surface area contributed by atoms with Crippen molar-refractivity contribution in [1.29, 1.82) is 5.26 Å². The lowest BCUT2D eigenvalue weighted by atomic mass is 9.81. The van der Waals surface area contributed by atoms with E-state index in [1.165, 1.54) is 12.8 Å². The van der Waals surface area contributed by atoms with Crippen LogP contribution in [0.4, 0.5) is 0 Å². The Bertz CT molecular complexity index is 581. The molecule has 0 aliphatic heterocycles. The number of rotatable bonds is 5. The molecule has 0 aromatic heterocycles. The zero-order chi connectivity index (χ0) is 16.3. The quantitative estimate of drug-likeness (QED) is 0.894. The predicted molar refractivity (Wildman–Crippen MR) is 87.6 cm³/mol. The van der Waals surface area contributed by atoms with Crippen LogP contribution in [0.1, 0.15) is 62.8 Å². The number of aliphatic hydroxyl groups is 1. The van der Waals surface area contributed by atoms with Crippen molar-refractivity contribution in [2.45, 2.75) is 69.0 Å². The van der Waals surface area contributed by atoms with Gasteiger partial charge in [0.15, 0.2) is 11.5 Å². The molecular formula is C19H25NO3. The fraction of sp³-hybridized carbons (Fsp3) is 0.632. The third-order valence-electron chi connectivity index (χ3n) is 5.25. The molecule has 3 rings (SSSR count). The number of methoxy groups -OCH3 is 1. The molecule has 2 fully saturated rings. The van der Waals surface area contributed by atoms with E-state index < -0.39 is 11.5 Å². The van der Waals surface area contributed by atoms with E-state index in [0.717, 1.165) is 31.2 Å². The van der Waals surface area contributed by atoms with Crippen molar-refractivity contribution in [1.82, 2.24) is 0 Å². The standard InChI is InChI=1S/C19H25NO3/c1-22-17-9-8-14(12-18(17)23-15-6-2-3-7-15)16(13-20)19(21)10-4-5-11-19/h8-9,12,15-16,21H,2-7,10-11H2,1H3. The minimum atomic E-state index is -0.909. The number of nitriles is 1. The molecule has 0 radical (unpaired) electrons. The Morgan fingerprint density at radius 1 is 1.17 bits per heavy atom. The summed E-state index contributed by atoms with van der Waals surface area (Å²) >= 11 is 0. The van der Waals surface area contributed by atoms with Crippen molar-refractivity contribution in [3.63, 3.8) is 0 Å². The molecule has 1 unspecified atom stereocenters. The molecule has 1 aromatic carbocycles. The zero-order valence-electron chi connectivity index (χ0n) is 13.8. The Labute approximate surface area is 138 Å². The van der Waals surface area contributed by atoms with Gasteiger partial charge in [-0.25, -0.2) is 0 Å². The third kappa shape index (κ3) is 3.30. The summed E-state index contributed by atoms with van der Waals surface area (Å²) in [5.74, 6) is 0.872. The summed E-state index contributed by atoms with van der Waals surface area (Å²) in [6.07, 6.45) is 8.12. The molecule has 4 heteroatoms. The smallest absolute Gasteiger partial charge is 0.161 e. The highest BCUT2D eigenvalue weighted by molar-refractivity contribution is 5.46. The molecule has 2 aliphatic rings. The van der Waals surface area contributed by atoms with Crippen LogP contribution in [0.2, 0.25) is 0 Å². The van der Waals surface area contributed by atoms with E-state index in [9.17, 15) is 10.4 Å². The van der Waals surface area contributed by atoms with Crippen LogP contribution in [0.5, 0.6) is 11.5 Å². The molecular weight excluding hydrogens is 290 g/mol. The summed E-state index contributed by atoms with van der Waals surface area (Å²) in [6, 6.07) is 7.93. The molecule has 1 aromatic rings. The van der Waals surface area contributed by atoms with Gasteiger partial charge in [0.1, 0.15) is 5.92 Å². The fourth-order valence-electron chi connectivity index (χ4n) is 3.93. The Kier molecular flexibility index (Phi) is 4.77. The Balaban J connectivity index is 1.88. The monoisotopic (exact) mass is 315 g/mol. The summed E-state index contributed by atoms with van der Waals surface area (Å²) in [7, 11) is 1.63. The second-order valence-corrected chi connectivity index (χ2v) is 6.81. The van der Waals surface area contributed by atoms with Crippen LogP contribution in [0.15, 0.2) is 18.2 Å².